The molecular formula is C21H33NO5. The number of amides is 1. The van der Waals surface area contributed by atoms with Crippen molar-refractivity contribution in [2.24, 2.45) is 17.3 Å². The van der Waals surface area contributed by atoms with Gasteiger partial charge >= 0.3 is 5.97 Å². The van der Waals surface area contributed by atoms with Gasteiger partial charge in [0.05, 0.1) is 17.8 Å². The van der Waals surface area contributed by atoms with E-state index >= 15 is 0 Å². The smallest absolute Gasteiger partial charge is 0.329 e. The molecule has 1 N–H and O–H groups in total. The molecule has 7 unspecified atom stereocenters. The van der Waals surface area contributed by atoms with Crippen molar-refractivity contribution in [1.29, 1.82) is 0 Å². The number of hydrogen-bond acceptors (Lipinski definition) is 5. The Labute approximate surface area is 161 Å². The van der Waals surface area contributed by atoms with E-state index in [1.165, 1.54) is 0 Å². The number of rotatable bonds is 5. The summed E-state index contributed by atoms with van der Waals surface area (Å²) < 4.78 is 17.3. The van der Waals surface area contributed by atoms with Gasteiger partial charge in [-0.1, -0.05) is 27.7 Å². The highest BCUT2D eigenvalue weighted by atomic mass is 16.6. The lowest BCUT2D eigenvalue weighted by Crippen LogP contribution is -2.50. The molecule has 1 amide bonds. The molecule has 0 aromatic rings. The van der Waals surface area contributed by atoms with E-state index in [0.717, 1.165) is 32.1 Å². The van der Waals surface area contributed by atoms with E-state index in [-0.39, 0.29) is 53.0 Å². The maximum Gasteiger partial charge on any atom is 0.329 e. The highest BCUT2D eigenvalue weighted by Gasteiger charge is 2.63. The normalized spacial score (nSPS) is 42.5. The van der Waals surface area contributed by atoms with Crippen molar-refractivity contribution in [1.82, 2.24) is 5.32 Å². The second-order valence-corrected chi connectivity index (χ2v) is 10.3. The third-order valence-corrected chi connectivity index (χ3v) is 6.72. The van der Waals surface area contributed by atoms with E-state index in [1.807, 2.05) is 13.8 Å². The lowest BCUT2D eigenvalue weighted by molar-refractivity contribution is -0.158. The SMILES string of the molecule is CC(C)C(NC(=O)C1CCC2OC2C1)C(=O)OC1CC(C)(C)CC2(C)OC12. The van der Waals surface area contributed by atoms with Crippen LogP contribution < -0.4 is 5.32 Å². The van der Waals surface area contributed by atoms with Crippen molar-refractivity contribution < 1.29 is 23.8 Å². The van der Waals surface area contributed by atoms with Gasteiger partial charge in [-0.3, -0.25) is 4.79 Å². The Balaban J connectivity index is 1.37. The minimum absolute atomic E-state index is 0.0136. The van der Waals surface area contributed by atoms with Gasteiger partial charge in [0.1, 0.15) is 18.2 Å². The zero-order valence-electron chi connectivity index (χ0n) is 17.1. The molecule has 0 aromatic carbocycles. The molecule has 2 heterocycles. The van der Waals surface area contributed by atoms with Crippen LogP contribution in [0.4, 0.5) is 0 Å². The Morgan fingerprint density at radius 1 is 1.15 bits per heavy atom. The van der Waals surface area contributed by atoms with Gasteiger partial charge in [0.15, 0.2) is 0 Å². The second-order valence-electron chi connectivity index (χ2n) is 10.3. The number of ether oxygens (including phenoxy) is 3. The van der Waals surface area contributed by atoms with E-state index in [2.05, 4.69) is 26.1 Å². The Morgan fingerprint density at radius 2 is 1.89 bits per heavy atom. The van der Waals surface area contributed by atoms with E-state index < -0.39 is 6.04 Å². The van der Waals surface area contributed by atoms with Crippen LogP contribution in [0.15, 0.2) is 0 Å². The summed E-state index contributed by atoms with van der Waals surface area (Å²) in [6.07, 6.45) is 4.67. The molecule has 0 spiro atoms. The molecule has 0 radical (unpaired) electrons. The molecule has 4 aliphatic rings. The molecule has 6 nitrogen and oxygen atoms in total. The first kappa shape index (κ1) is 19.2. The average Bonchev–Trinajstić information content (AvgIpc) is 3.44. The number of carbonyl (C=O) groups excluding carboxylic acids is 2. The third kappa shape index (κ3) is 3.88. The van der Waals surface area contributed by atoms with Gasteiger partial charge in [0.2, 0.25) is 5.91 Å². The van der Waals surface area contributed by atoms with Crippen molar-refractivity contribution >= 4 is 11.9 Å². The van der Waals surface area contributed by atoms with Crippen molar-refractivity contribution in [3.05, 3.63) is 0 Å². The summed E-state index contributed by atoms with van der Waals surface area (Å²) in [5.41, 5.74) is -0.0989. The van der Waals surface area contributed by atoms with Gasteiger partial charge in [-0.15, -0.1) is 0 Å². The van der Waals surface area contributed by atoms with Crippen LogP contribution in [0.3, 0.4) is 0 Å². The predicted octanol–water partition coefficient (Wildman–Crippen LogP) is 2.58. The molecule has 6 heteroatoms. The highest BCUT2D eigenvalue weighted by Crippen LogP contribution is 2.54. The molecule has 0 aromatic heterocycles. The molecule has 27 heavy (non-hydrogen) atoms. The zero-order valence-corrected chi connectivity index (χ0v) is 17.1. The maximum absolute atomic E-state index is 12.9. The van der Waals surface area contributed by atoms with Crippen LogP contribution >= 0.6 is 0 Å². The molecular weight excluding hydrogens is 346 g/mol. The summed E-state index contributed by atoms with van der Waals surface area (Å²) in [6, 6.07) is -0.620. The molecule has 4 rings (SSSR count). The van der Waals surface area contributed by atoms with E-state index in [4.69, 9.17) is 14.2 Å². The van der Waals surface area contributed by atoms with Crippen molar-refractivity contribution in [3.63, 3.8) is 0 Å². The van der Waals surface area contributed by atoms with Gasteiger partial charge in [0, 0.05) is 5.92 Å². The first-order chi connectivity index (χ1) is 12.6. The summed E-state index contributed by atoms with van der Waals surface area (Å²) in [4.78, 5) is 25.6. The predicted molar refractivity (Wildman–Crippen MR) is 98.9 cm³/mol. The lowest BCUT2D eigenvalue weighted by atomic mass is 9.71. The maximum atomic E-state index is 12.9. The number of fused-ring (bicyclic) bond motifs is 2. The lowest BCUT2D eigenvalue weighted by Gasteiger charge is -2.36. The molecule has 4 fully saturated rings. The minimum Gasteiger partial charge on any atom is -0.458 e. The summed E-state index contributed by atoms with van der Waals surface area (Å²) in [5.74, 6) is -0.476. The van der Waals surface area contributed by atoms with Gasteiger partial charge < -0.3 is 19.5 Å². The zero-order chi connectivity index (χ0) is 19.6. The average molecular weight is 379 g/mol. The van der Waals surface area contributed by atoms with Crippen LogP contribution in [0.1, 0.15) is 66.7 Å². The Morgan fingerprint density at radius 3 is 2.56 bits per heavy atom. The standard InChI is InChI=1S/C21H33NO5/c1-11(2)16(22-18(23)12-6-7-13-14(8-12)25-13)19(24)26-15-9-20(3,4)10-21(5)17(15)27-21/h11-17H,6-10H2,1-5H3,(H,22,23). The third-order valence-electron chi connectivity index (χ3n) is 6.72. The van der Waals surface area contributed by atoms with Crippen LogP contribution in [-0.4, -0.2) is 47.9 Å². The van der Waals surface area contributed by atoms with Crippen LogP contribution in [0.2, 0.25) is 0 Å². The second kappa shape index (κ2) is 6.45. The van der Waals surface area contributed by atoms with Crippen molar-refractivity contribution in [2.45, 2.75) is 103 Å². The minimum atomic E-state index is -0.620. The van der Waals surface area contributed by atoms with Crippen LogP contribution in [0.5, 0.6) is 0 Å². The summed E-state index contributed by atoms with van der Waals surface area (Å²) in [7, 11) is 0. The van der Waals surface area contributed by atoms with Gasteiger partial charge in [-0.2, -0.15) is 0 Å². The first-order valence-corrected chi connectivity index (χ1v) is 10.4. The summed E-state index contributed by atoms with van der Waals surface area (Å²) in [5, 5.41) is 2.96. The number of nitrogens with one attached hydrogen (secondary N) is 1. The summed E-state index contributed by atoms with van der Waals surface area (Å²) >= 11 is 0. The molecule has 152 valence electrons. The fourth-order valence-corrected chi connectivity index (χ4v) is 5.28. The molecule has 0 bridgehead atoms. The topological polar surface area (TPSA) is 80.5 Å². The van der Waals surface area contributed by atoms with Gasteiger partial charge in [-0.25, -0.2) is 4.79 Å². The van der Waals surface area contributed by atoms with Crippen LogP contribution in [-0.2, 0) is 23.8 Å². The number of hydrogen-bond donors (Lipinski definition) is 1. The molecule has 2 saturated heterocycles. The molecule has 2 saturated carbocycles. The number of carbonyl (C=O) groups is 2. The fourth-order valence-electron chi connectivity index (χ4n) is 5.28. The molecule has 2 aliphatic carbocycles. The quantitative estimate of drug-likeness (QED) is 0.587. The van der Waals surface area contributed by atoms with Gasteiger partial charge in [0.25, 0.3) is 0 Å². The largest absolute Gasteiger partial charge is 0.458 e. The Hall–Kier alpha value is -1.14. The Kier molecular flexibility index (Phi) is 4.58. The highest BCUT2D eigenvalue weighted by molar-refractivity contribution is 5.86. The van der Waals surface area contributed by atoms with Crippen LogP contribution in [0.25, 0.3) is 0 Å². The number of esters is 1. The summed E-state index contributed by atoms with van der Waals surface area (Å²) in [6.45, 7) is 10.4. The fraction of sp³-hybridized carbons (Fsp3) is 0.905. The van der Waals surface area contributed by atoms with Crippen LogP contribution in [0, 0.1) is 17.3 Å². The van der Waals surface area contributed by atoms with Crippen molar-refractivity contribution in [2.75, 3.05) is 0 Å². The Bertz CT molecular complexity index is 629. The molecule has 2 aliphatic heterocycles. The molecule has 7 atom stereocenters. The van der Waals surface area contributed by atoms with E-state index in [1.54, 1.807) is 0 Å². The van der Waals surface area contributed by atoms with Gasteiger partial charge in [-0.05, 0) is 50.4 Å². The van der Waals surface area contributed by atoms with E-state index in [0.29, 0.717) is 6.10 Å². The first-order valence-electron chi connectivity index (χ1n) is 10.4. The van der Waals surface area contributed by atoms with E-state index in [9.17, 15) is 9.59 Å². The van der Waals surface area contributed by atoms with Crippen molar-refractivity contribution in [3.8, 4) is 0 Å². The number of epoxide rings is 2. The monoisotopic (exact) mass is 379 g/mol.